The van der Waals surface area contributed by atoms with Crippen LogP contribution in [0, 0.1) is 6.92 Å². The molecule has 3 atom stereocenters. The van der Waals surface area contributed by atoms with Gasteiger partial charge in [-0.15, -0.1) is 0 Å². The van der Waals surface area contributed by atoms with E-state index in [1.54, 1.807) is 5.56 Å². The molecule has 0 aromatic heterocycles. The summed E-state index contributed by atoms with van der Waals surface area (Å²) in [7, 11) is 0. The largest absolute Gasteiger partial charge is 0.366 e. The molecule has 2 aliphatic rings. The summed E-state index contributed by atoms with van der Waals surface area (Å²) in [6.45, 7) is 20.4. The molecule has 0 saturated heterocycles. The highest BCUT2D eigenvalue weighted by molar-refractivity contribution is 5.51. The Kier molecular flexibility index (Phi) is 5.99. The van der Waals surface area contributed by atoms with E-state index in [1.807, 2.05) is 0 Å². The minimum Gasteiger partial charge on any atom is -0.366 e. The summed E-state index contributed by atoms with van der Waals surface area (Å²) in [6.07, 6.45) is 9.20. The molecule has 3 rings (SSSR count). The lowest BCUT2D eigenvalue weighted by Gasteiger charge is -2.49. The number of nitrogens with zero attached hydrogens (tertiary/aromatic N) is 1. The molecule has 0 radical (unpaired) electrons. The van der Waals surface area contributed by atoms with E-state index in [-0.39, 0.29) is 0 Å². The van der Waals surface area contributed by atoms with Crippen LogP contribution >= 0.6 is 0 Å². The lowest BCUT2D eigenvalue weighted by molar-refractivity contribution is 0.149. The van der Waals surface area contributed by atoms with Gasteiger partial charge in [-0.3, -0.25) is 0 Å². The van der Waals surface area contributed by atoms with Crippen molar-refractivity contribution in [2.24, 2.45) is 0 Å². The maximum atomic E-state index is 4.45. The van der Waals surface area contributed by atoms with E-state index < -0.39 is 0 Å². The van der Waals surface area contributed by atoms with Gasteiger partial charge in [-0.1, -0.05) is 65.8 Å². The van der Waals surface area contributed by atoms with E-state index in [0.717, 1.165) is 19.3 Å². The van der Waals surface area contributed by atoms with Gasteiger partial charge in [-0.05, 0) is 71.6 Å². The molecule has 0 fully saturated rings. The first kappa shape index (κ1) is 20.0. The van der Waals surface area contributed by atoms with Crippen molar-refractivity contribution >= 4 is 0 Å². The van der Waals surface area contributed by atoms with Crippen LogP contribution in [0.1, 0.15) is 94.0 Å². The quantitative estimate of drug-likeness (QED) is 0.509. The molecule has 1 aromatic rings. The lowest BCUT2D eigenvalue weighted by atomic mass is 9.74. The monoisotopic (exact) mass is 363 g/mol. The van der Waals surface area contributed by atoms with Crippen molar-refractivity contribution in [1.82, 2.24) is 4.90 Å². The molecular weight excluding hydrogens is 326 g/mol. The maximum Gasteiger partial charge on any atom is 0.0583 e. The number of hydrogen-bond donors (Lipinski definition) is 0. The van der Waals surface area contributed by atoms with Gasteiger partial charge in [0.25, 0.3) is 0 Å². The Labute approximate surface area is 166 Å². The van der Waals surface area contributed by atoms with Crippen LogP contribution in [0.15, 0.2) is 48.2 Å². The van der Waals surface area contributed by atoms with Crippen LogP contribution in [-0.2, 0) is 6.42 Å². The minimum absolute atomic E-state index is 0.432. The van der Waals surface area contributed by atoms with E-state index in [2.05, 4.69) is 71.0 Å². The van der Waals surface area contributed by atoms with Gasteiger partial charge in [-0.25, -0.2) is 0 Å². The van der Waals surface area contributed by atoms with Crippen LogP contribution in [-0.4, -0.2) is 10.9 Å². The molecule has 0 N–H and O–H groups in total. The van der Waals surface area contributed by atoms with Crippen molar-refractivity contribution in [3.63, 3.8) is 0 Å². The zero-order chi connectivity index (χ0) is 19.7. The number of hydrogen-bond acceptors (Lipinski definition) is 1. The van der Waals surface area contributed by atoms with Crippen molar-refractivity contribution < 1.29 is 0 Å². The van der Waals surface area contributed by atoms with Gasteiger partial charge in [0.2, 0.25) is 0 Å². The Hall–Kier alpha value is -1.76. The van der Waals surface area contributed by atoms with Gasteiger partial charge < -0.3 is 4.90 Å². The molecule has 2 aliphatic heterocycles. The van der Waals surface area contributed by atoms with E-state index >= 15 is 0 Å². The first-order valence-electron chi connectivity index (χ1n) is 10.9. The van der Waals surface area contributed by atoms with Gasteiger partial charge in [0, 0.05) is 18.2 Å². The molecule has 0 spiro atoms. The summed E-state index contributed by atoms with van der Waals surface area (Å²) in [5, 5.41) is 0. The maximum absolute atomic E-state index is 4.45. The Bertz CT molecular complexity index is 767. The van der Waals surface area contributed by atoms with Crippen LogP contribution in [0.2, 0.25) is 0 Å². The third kappa shape index (κ3) is 3.53. The van der Waals surface area contributed by atoms with Crippen molar-refractivity contribution in [3.05, 3.63) is 70.5 Å². The third-order valence-corrected chi connectivity index (χ3v) is 6.68. The van der Waals surface area contributed by atoms with E-state index in [4.69, 9.17) is 0 Å². The zero-order valence-corrected chi connectivity index (χ0v) is 18.1. The van der Waals surface area contributed by atoms with Gasteiger partial charge in [0.05, 0.1) is 6.04 Å². The van der Waals surface area contributed by atoms with Gasteiger partial charge in [0.15, 0.2) is 0 Å². The molecule has 1 aromatic carbocycles. The van der Waals surface area contributed by atoms with Gasteiger partial charge in [-0.2, -0.15) is 0 Å². The second-order valence-electron chi connectivity index (χ2n) is 8.59. The minimum atomic E-state index is 0.432. The molecular formula is C26H37N. The first-order valence-corrected chi connectivity index (χ1v) is 10.9. The number of benzene rings is 1. The molecule has 0 amide bonds. The third-order valence-electron chi connectivity index (χ3n) is 6.68. The molecule has 2 heterocycles. The summed E-state index contributed by atoms with van der Waals surface area (Å²) >= 11 is 0. The van der Waals surface area contributed by atoms with E-state index in [9.17, 15) is 0 Å². The van der Waals surface area contributed by atoms with Gasteiger partial charge in [0.1, 0.15) is 0 Å². The predicted molar refractivity (Wildman–Crippen MR) is 118 cm³/mol. The average molecular weight is 364 g/mol. The van der Waals surface area contributed by atoms with Crippen LogP contribution < -0.4 is 0 Å². The van der Waals surface area contributed by atoms with Crippen LogP contribution in [0.3, 0.4) is 0 Å². The average Bonchev–Trinajstić information content (AvgIpc) is 2.64. The predicted octanol–water partition coefficient (Wildman–Crippen LogP) is 7.39. The second-order valence-corrected chi connectivity index (χ2v) is 8.59. The van der Waals surface area contributed by atoms with Crippen molar-refractivity contribution in [1.29, 1.82) is 0 Å². The lowest BCUT2D eigenvalue weighted by Crippen LogP contribution is -2.44. The molecule has 27 heavy (non-hydrogen) atoms. The smallest absolute Gasteiger partial charge is 0.0583 e. The summed E-state index contributed by atoms with van der Waals surface area (Å²) in [5.74, 6) is 0.556. The van der Waals surface area contributed by atoms with Crippen molar-refractivity contribution in [3.8, 4) is 0 Å². The zero-order valence-electron chi connectivity index (χ0n) is 18.1. The Morgan fingerprint density at radius 2 is 1.89 bits per heavy atom. The second kappa shape index (κ2) is 8.09. The summed E-state index contributed by atoms with van der Waals surface area (Å²) in [4.78, 5) is 2.65. The van der Waals surface area contributed by atoms with Crippen molar-refractivity contribution in [2.45, 2.75) is 91.1 Å². The number of allylic oxidation sites excluding steroid dienone is 2. The van der Waals surface area contributed by atoms with Gasteiger partial charge >= 0.3 is 0 Å². The molecule has 0 bridgehead atoms. The van der Waals surface area contributed by atoms with Crippen LogP contribution in [0.5, 0.6) is 0 Å². The molecule has 0 aliphatic carbocycles. The fourth-order valence-electron chi connectivity index (χ4n) is 5.20. The van der Waals surface area contributed by atoms with Crippen LogP contribution in [0.4, 0.5) is 0 Å². The Morgan fingerprint density at radius 1 is 1.15 bits per heavy atom. The van der Waals surface area contributed by atoms with Crippen LogP contribution in [0.25, 0.3) is 0 Å². The summed E-state index contributed by atoms with van der Waals surface area (Å²) in [5.41, 5.74) is 9.92. The van der Waals surface area contributed by atoms with E-state index in [0.29, 0.717) is 18.0 Å². The Balaban J connectivity index is 2.09. The molecule has 0 saturated carbocycles. The molecule has 146 valence electrons. The molecule has 3 unspecified atom stereocenters. The van der Waals surface area contributed by atoms with Crippen molar-refractivity contribution in [2.75, 3.05) is 0 Å². The number of rotatable bonds is 6. The highest BCUT2D eigenvalue weighted by Gasteiger charge is 2.39. The fraction of sp³-hybridized carbons (Fsp3) is 0.538. The standard InChI is InChI=1S/C26H37N/c1-8-11-17(4)24-16-27-25(10-3)20(7)22-15-21(12-9-2)18(5)13-23(22)26(27)14-19(24)6/h13,15-16,20,25-26H,4,6,8-12,14H2,1-3,5,7H3. The Morgan fingerprint density at radius 3 is 2.52 bits per heavy atom. The summed E-state index contributed by atoms with van der Waals surface area (Å²) < 4.78 is 0. The number of fused-ring (bicyclic) bond motifs is 3. The normalized spacial score (nSPS) is 24.3. The molecule has 1 nitrogen and oxygen atoms in total. The number of aryl methyl sites for hydroxylation is 2. The fourth-order valence-corrected chi connectivity index (χ4v) is 5.20. The SMILES string of the molecule is C=C(CCC)C1=CN2C(CC1=C)c1cc(C)c(CCC)cc1C(C)C2CC. The highest BCUT2D eigenvalue weighted by Crippen LogP contribution is 2.48. The summed E-state index contributed by atoms with van der Waals surface area (Å²) in [6, 6.07) is 5.99. The first-order chi connectivity index (χ1) is 12.9. The molecule has 1 heteroatoms. The van der Waals surface area contributed by atoms with E-state index in [1.165, 1.54) is 52.7 Å². The highest BCUT2D eigenvalue weighted by atomic mass is 15.2. The topological polar surface area (TPSA) is 3.24 Å².